The van der Waals surface area contributed by atoms with Crippen molar-refractivity contribution in [2.24, 2.45) is 0 Å². The largest absolute Gasteiger partial charge is 0.477 e. The second-order valence-electron chi connectivity index (χ2n) is 4.36. The number of aromatic amines is 2. The van der Waals surface area contributed by atoms with Crippen molar-refractivity contribution in [3.05, 3.63) is 41.0 Å². The van der Waals surface area contributed by atoms with Gasteiger partial charge in [0.1, 0.15) is 11.4 Å². The van der Waals surface area contributed by atoms with E-state index in [0.717, 1.165) is 0 Å². The molecule has 0 atom stereocenters. The fraction of sp³-hybridized carbons (Fsp3) is 0.154. The fourth-order valence-corrected chi connectivity index (χ4v) is 1.77. The van der Waals surface area contributed by atoms with Crippen molar-refractivity contribution in [2.45, 2.75) is 13.8 Å². The highest BCUT2D eigenvalue weighted by Gasteiger charge is 2.17. The van der Waals surface area contributed by atoms with Crippen LogP contribution in [0.4, 0.5) is 5.69 Å². The highest BCUT2D eigenvalue weighted by molar-refractivity contribution is 6.07. The van der Waals surface area contributed by atoms with Crippen molar-refractivity contribution in [2.75, 3.05) is 5.32 Å². The van der Waals surface area contributed by atoms with Crippen molar-refractivity contribution in [1.29, 1.82) is 0 Å². The number of Topliss-reactive ketones (excluding diaryl/α,β-unsaturated/α-hetero) is 1. The summed E-state index contributed by atoms with van der Waals surface area (Å²) in [5.74, 6) is -1.84. The molecule has 0 aliphatic rings. The minimum atomic E-state index is -1.16. The van der Waals surface area contributed by atoms with Crippen LogP contribution in [0.3, 0.4) is 0 Å². The molecule has 0 saturated heterocycles. The van der Waals surface area contributed by atoms with Gasteiger partial charge >= 0.3 is 5.97 Å². The third-order valence-corrected chi connectivity index (χ3v) is 2.75. The van der Waals surface area contributed by atoms with Gasteiger partial charge in [-0.3, -0.25) is 9.59 Å². The van der Waals surface area contributed by atoms with Crippen LogP contribution in [-0.2, 0) is 0 Å². The summed E-state index contributed by atoms with van der Waals surface area (Å²) in [4.78, 5) is 39.5. The van der Waals surface area contributed by atoms with Crippen LogP contribution < -0.4 is 5.32 Å². The molecular weight excluding hydrogens is 262 g/mol. The Morgan fingerprint density at radius 3 is 2.50 bits per heavy atom. The first-order valence-electron chi connectivity index (χ1n) is 5.82. The van der Waals surface area contributed by atoms with Crippen LogP contribution in [0.15, 0.2) is 18.3 Å². The molecule has 7 heteroatoms. The van der Waals surface area contributed by atoms with Gasteiger partial charge in [-0.25, -0.2) is 4.79 Å². The van der Waals surface area contributed by atoms with Gasteiger partial charge in [0.25, 0.3) is 5.91 Å². The van der Waals surface area contributed by atoms with Gasteiger partial charge in [0.05, 0.1) is 5.69 Å². The number of amides is 1. The van der Waals surface area contributed by atoms with Gasteiger partial charge in [-0.2, -0.15) is 0 Å². The van der Waals surface area contributed by atoms with E-state index in [0.29, 0.717) is 11.3 Å². The molecule has 104 valence electrons. The van der Waals surface area contributed by atoms with Crippen LogP contribution in [0.25, 0.3) is 0 Å². The third kappa shape index (κ3) is 2.61. The lowest BCUT2D eigenvalue weighted by atomic mass is 10.2. The predicted molar refractivity (Wildman–Crippen MR) is 71.2 cm³/mol. The summed E-state index contributed by atoms with van der Waals surface area (Å²) in [7, 11) is 0. The van der Waals surface area contributed by atoms with Gasteiger partial charge in [0.15, 0.2) is 5.78 Å². The molecule has 2 heterocycles. The SMILES string of the molecule is CC(=O)c1c[nH]c(C(=O)Nc2cc(C)[nH]c2C(=O)O)c1. The van der Waals surface area contributed by atoms with E-state index in [1.54, 1.807) is 6.92 Å². The summed E-state index contributed by atoms with van der Waals surface area (Å²) in [5.41, 5.74) is 1.28. The van der Waals surface area contributed by atoms with Gasteiger partial charge < -0.3 is 20.4 Å². The molecule has 0 spiro atoms. The van der Waals surface area contributed by atoms with Gasteiger partial charge in [0.2, 0.25) is 0 Å². The number of hydrogen-bond acceptors (Lipinski definition) is 3. The van der Waals surface area contributed by atoms with Crippen LogP contribution in [0, 0.1) is 6.92 Å². The molecule has 20 heavy (non-hydrogen) atoms. The smallest absolute Gasteiger partial charge is 0.354 e. The number of anilines is 1. The molecule has 0 unspecified atom stereocenters. The summed E-state index contributed by atoms with van der Waals surface area (Å²) < 4.78 is 0. The number of hydrogen-bond donors (Lipinski definition) is 4. The van der Waals surface area contributed by atoms with E-state index in [-0.39, 0.29) is 22.9 Å². The Balaban J connectivity index is 2.23. The van der Waals surface area contributed by atoms with E-state index >= 15 is 0 Å². The molecule has 0 aliphatic carbocycles. The minimum Gasteiger partial charge on any atom is -0.477 e. The molecule has 0 aromatic carbocycles. The number of aromatic carboxylic acids is 1. The summed E-state index contributed by atoms with van der Waals surface area (Å²) >= 11 is 0. The topological polar surface area (TPSA) is 115 Å². The number of carbonyl (C=O) groups excluding carboxylic acids is 2. The van der Waals surface area contributed by atoms with Crippen molar-refractivity contribution in [3.8, 4) is 0 Å². The number of rotatable bonds is 4. The number of carboxylic acids is 1. The predicted octanol–water partition coefficient (Wildman–Crippen LogP) is 1.80. The van der Waals surface area contributed by atoms with Crippen molar-refractivity contribution >= 4 is 23.3 Å². The number of aryl methyl sites for hydroxylation is 1. The zero-order valence-corrected chi connectivity index (χ0v) is 10.9. The monoisotopic (exact) mass is 275 g/mol. The van der Waals surface area contributed by atoms with E-state index in [1.165, 1.54) is 25.3 Å². The Morgan fingerprint density at radius 2 is 1.95 bits per heavy atom. The Kier molecular flexibility index (Phi) is 3.43. The third-order valence-electron chi connectivity index (χ3n) is 2.75. The molecule has 2 aromatic heterocycles. The lowest BCUT2D eigenvalue weighted by Gasteiger charge is -2.02. The van der Waals surface area contributed by atoms with Gasteiger partial charge in [-0.05, 0) is 26.0 Å². The number of carboxylic acid groups (broad SMARTS) is 1. The number of H-pyrrole nitrogens is 2. The van der Waals surface area contributed by atoms with Crippen LogP contribution in [0.5, 0.6) is 0 Å². The molecule has 1 amide bonds. The standard InChI is InChI=1S/C13H13N3O4/c1-6-3-9(11(15-6)13(19)20)16-12(18)10-4-8(5-14-10)7(2)17/h3-5,14-15H,1-2H3,(H,16,18)(H,19,20). The average molecular weight is 275 g/mol. The molecule has 7 nitrogen and oxygen atoms in total. The molecule has 2 aromatic rings. The second-order valence-corrected chi connectivity index (χ2v) is 4.36. The van der Waals surface area contributed by atoms with Gasteiger partial charge in [-0.1, -0.05) is 0 Å². The van der Waals surface area contributed by atoms with Crippen molar-refractivity contribution in [3.63, 3.8) is 0 Å². The van der Waals surface area contributed by atoms with E-state index < -0.39 is 11.9 Å². The molecule has 0 saturated carbocycles. The minimum absolute atomic E-state index is 0.0887. The normalized spacial score (nSPS) is 10.3. The molecule has 2 rings (SSSR count). The first-order chi connectivity index (χ1) is 9.38. The Bertz CT molecular complexity index is 696. The fourth-order valence-electron chi connectivity index (χ4n) is 1.77. The van der Waals surface area contributed by atoms with Crippen LogP contribution >= 0.6 is 0 Å². The maximum atomic E-state index is 12.0. The zero-order chi connectivity index (χ0) is 14.9. The molecule has 0 fully saturated rings. The first kappa shape index (κ1) is 13.6. The number of nitrogens with one attached hydrogen (secondary N) is 3. The molecular formula is C13H13N3O4. The lowest BCUT2D eigenvalue weighted by molar-refractivity contribution is 0.0692. The zero-order valence-electron chi connectivity index (χ0n) is 10.9. The Hall–Kier alpha value is -2.83. The highest BCUT2D eigenvalue weighted by atomic mass is 16.4. The van der Waals surface area contributed by atoms with E-state index in [9.17, 15) is 14.4 Å². The van der Waals surface area contributed by atoms with Gasteiger partial charge in [-0.15, -0.1) is 0 Å². The number of aromatic nitrogens is 2. The van der Waals surface area contributed by atoms with Crippen molar-refractivity contribution in [1.82, 2.24) is 9.97 Å². The summed E-state index contributed by atoms with van der Waals surface area (Å²) in [6, 6.07) is 2.94. The number of ketones is 1. The maximum absolute atomic E-state index is 12.0. The highest BCUT2D eigenvalue weighted by Crippen LogP contribution is 2.18. The number of carbonyl (C=O) groups is 3. The molecule has 4 N–H and O–H groups in total. The molecule has 0 radical (unpaired) electrons. The Morgan fingerprint density at radius 1 is 1.25 bits per heavy atom. The van der Waals surface area contributed by atoms with E-state index in [4.69, 9.17) is 5.11 Å². The van der Waals surface area contributed by atoms with Crippen LogP contribution in [0.2, 0.25) is 0 Å². The second kappa shape index (κ2) is 5.04. The summed E-state index contributed by atoms with van der Waals surface area (Å²) in [5, 5.41) is 11.5. The van der Waals surface area contributed by atoms with Crippen LogP contribution in [-0.4, -0.2) is 32.7 Å². The lowest BCUT2D eigenvalue weighted by Crippen LogP contribution is -2.14. The van der Waals surface area contributed by atoms with E-state index in [1.807, 2.05) is 0 Å². The van der Waals surface area contributed by atoms with Gasteiger partial charge in [0, 0.05) is 17.5 Å². The Labute approximate surface area is 114 Å². The van der Waals surface area contributed by atoms with Crippen LogP contribution in [0.1, 0.15) is 44.0 Å². The van der Waals surface area contributed by atoms with E-state index in [2.05, 4.69) is 15.3 Å². The quantitative estimate of drug-likeness (QED) is 0.637. The first-order valence-corrected chi connectivity index (χ1v) is 5.82. The maximum Gasteiger partial charge on any atom is 0.354 e. The summed E-state index contributed by atoms with van der Waals surface area (Å²) in [6.07, 6.45) is 1.43. The molecule has 0 aliphatic heterocycles. The van der Waals surface area contributed by atoms with Crippen molar-refractivity contribution < 1.29 is 19.5 Å². The molecule has 0 bridgehead atoms. The summed E-state index contributed by atoms with van der Waals surface area (Å²) in [6.45, 7) is 3.08. The average Bonchev–Trinajstić information content (AvgIpc) is 2.95.